The highest BCUT2D eigenvalue weighted by Crippen LogP contribution is 2.42. The van der Waals surface area contributed by atoms with E-state index in [1.54, 1.807) is 0 Å². The van der Waals surface area contributed by atoms with E-state index in [4.69, 9.17) is 4.74 Å². The van der Waals surface area contributed by atoms with Crippen molar-refractivity contribution in [1.29, 1.82) is 0 Å². The van der Waals surface area contributed by atoms with E-state index in [9.17, 15) is 4.79 Å². The average molecular weight is 184 g/mol. The van der Waals surface area contributed by atoms with Crippen molar-refractivity contribution in [3.05, 3.63) is 0 Å². The molecule has 1 saturated carbocycles. The van der Waals surface area contributed by atoms with Gasteiger partial charge in [-0.25, -0.2) is 4.79 Å². The summed E-state index contributed by atoms with van der Waals surface area (Å²) >= 11 is 0. The minimum atomic E-state index is -0.276. The molecule has 3 atom stereocenters. The summed E-state index contributed by atoms with van der Waals surface area (Å²) in [6, 6.07) is 0.290. The molecule has 1 saturated heterocycles. The zero-order valence-electron chi connectivity index (χ0n) is 7.88. The standard InChI is InChI=1S/C9H16N2O2/c1-2-13-9(12)11-8-5-10-4-6-3-7(6)8/h6-8,10H,2-5H2,1H3,(H,11,12). The molecule has 4 heteroatoms. The minimum absolute atomic E-state index is 0.276. The molecular formula is C9H16N2O2. The number of ether oxygens (including phenoxy) is 1. The zero-order chi connectivity index (χ0) is 9.26. The summed E-state index contributed by atoms with van der Waals surface area (Å²) in [5.41, 5.74) is 0. The normalized spacial score (nSPS) is 36.2. The van der Waals surface area contributed by atoms with Gasteiger partial charge in [0.1, 0.15) is 0 Å². The van der Waals surface area contributed by atoms with E-state index in [1.807, 2.05) is 6.92 Å². The van der Waals surface area contributed by atoms with Crippen molar-refractivity contribution in [2.45, 2.75) is 19.4 Å². The number of hydrogen-bond acceptors (Lipinski definition) is 3. The van der Waals surface area contributed by atoms with Gasteiger partial charge in [0, 0.05) is 12.6 Å². The van der Waals surface area contributed by atoms with E-state index in [-0.39, 0.29) is 12.1 Å². The van der Waals surface area contributed by atoms with Crippen molar-refractivity contribution in [2.75, 3.05) is 19.7 Å². The van der Waals surface area contributed by atoms with E-state index in [2.05, 4.69) is 10.6 Å². The van der Waals surface area contributed by atoms with Crippen molar-refractivity contribution >= 4 is 6.09 Å². The Labute approximate surface area is 78.0 Å². The molecule has 2 N–H and O–H groups in total. The van der Waals surface area contributed by atoms with Gasteiger partial charge in [0.2, 0.25) is 0 Å². The van der Waals surface area contributed by atoms with E-state index < -0.39 is 0 Å². The Morgan fingerprint density at radius 1 is 1.62 bits per heavy atom. The van der Waals surface area contributed by atoms with Gasteiger partial charge < -0.3 is 15.4 Å². The number of piperidine rings is 1. The van der Waals surface area contributed by atoms with Crippen molar-refractivity contribution in [2.24, 2.45) is 11.8 Å². The van der Waals surface area contributed by atoms with Gasteiger partial charge in [-0.15, -0.1) is 0 Å². The van der Waals surface area contributed by atoms with Crippen molar-refractivity contribution in [3.8, 4) is 0 Å². The van der Waals surface area contributed by atoms with Gasteiger partial charge in [0.05, 0.1) is 6.61 Å². The first-order valence-electron chi connectivity index (χ1n) is 4.95. The molecule has 0 bridgehead atoms. The number of carbonyl (C=O) groups is 1. The predicted octanol–water partition coefficient (Wildman–Crippen LogP) is 0.340. The second-order valence-corrected chi connectivity index (χ2v) is 3.79. The van der Waals surface area contributed by atoms with Gasteiger partial charge in [0.25, 0.3) is 0 Å². The number of nitrogens with one attached hydrogen (secondary N) is 2. The van der Waals surface area contributed by atoms with Crippen LogP contribution in [0.1, 0.15) is 13.3 Å². The first kappa shape index (κ1) is 8.81. The van der Waals surface area contributed by atoms with Crippen LogP contribution in [0.4, 0.5) is 4.79 Å². The molecule has 1 aliphatic carbocycles. The fourth-order valence-corrected chi connectivity index (χ4v) is 2.06. The van der Waals surface area contributed by atoms with Crippen LogP contribution in [-0.2, 0) is 4.74 Å². The summed E-state index contributed by atoms with van der Waals surface area (Å²) in [4.78, 5) is 11.1. The van der Waals surface area contributed by atoms with Crippen LogP contribution in [-0.4, -0.2) is 31.8 Å². The van der Waals surface area contributed by atoms with E-state index in [0.29, 0.717) is 12.5 Å². The fraction of sp³-hybridized carbons (Fsp3) is 0.889. The second kappa shape index (κ2) is 3.54. The van der Waals surface area contributed by atoms with Crippen LogP contribution in [0.3, 0.4) is 0 Å². The maximum atomic E-state index is 11.1. The maximum Gasteiger partial charge on any atom is 0.407 e. The maximum absolute atomic E-state index is 11.1. The third kappa shape index (κ3) is 1.94. The molecule has 0 radical (unpaired) electrons. The predicted molar refractivity (Wildman–Crippen MR) is 48.4 cm³/mol. The van der Waals surface area contributed by atoms with E-state index in [1.165, 1.54) is 6.42 Å². The first-order valence-corrected chi connectivity index (χ1v) is 4.95. The molecule has 1 heterocycles. The molecule has 74 valence electrons. The number of hydrogen-bond donors (Lipinski definition) is 2. The first-order chi connectivity index (χ1) is 6.31. The Balaban J connectivity index is 1.77. The number of alkyl carbamates (subject to hydrolysis) is 1. The molecule has 2 fully saturated rings. The van der Waals surface area contributed by atoms with Gasteiger partial charge in [-0.05, 0) is 31.7 Å². The topological polar surface area (TPSA) is 50.4 Å². The molecule has 1 amide bonds. The van der Waals surface area contributed by atoms with Crippen molar-refractivity contribution < 1.29 is 9.53 Å². The molecule has 1 aliphatic heterocycles. The summed E-state index contributed by atoms with van der Waals surface area (Å²) in [6.07, 6.45) is 0.978. The Morgan fingerprint density at radius 3 is 3.23 bits per heavy atom. The molecule has 4 nitrogen and oxygen atoms in total. The SMILES string of the molecule is CCOC(=O)NC1CNCC2CC21. The van der Waals surface area contributed by atoms with Crippen LogP contribution in [0.25, 0.3) is 0 Å². The minimum Gasteiger partial charge on any atom is -0.450 e. The van der Waals surface area contributed by atoms with Crippen LogP contribution in [0, 0.1) is 11.8 Å². The van der Waals surface area contributed by atoms with Gasteiger partial charge in [-0.2, -0.15) is 0 Å². The molecular weight excluding hydrogens is 168 g/mol. The monoisotopic (exact) mass is 184 g/mol. The Hall–Kier alpha value is -0.770. The van der Waals surface area contributed by atoms with Crippen molar-refractivity contribution in [3.63, 3.8) is 0 Å². The summed E-state index contributed by atoms with van der Waals surface area (Å²) in [6.45, 7) is 4.27. The highest BCUT2D eigenvalue weighted by atomic mass is 16.5. The highest BCUT2D eigenvalue weighted by molar-refractivity contribution is 5.67. The number of rotatable bonds is 2. The quantitative estimate of drug-likeness (QED) is 0.650. The summed E-state index contributed by atoms with van der Waals surface area (Å²) in [5, 5.41) is 6.19. The van der Waals surface area contributed by atoms with Crippen LogP contribution in [0.5, 0.6) is 0 Å². The summed E-state index contributed by atoms with van der Waals surface area (Å²) < 4.78 is 4.83. The van der Waals surface area contributed by atoms with Crippen LogP contribution in [0.15, 0.2) is 0 Å². The zero-order valence-corrected chi connectivity index (χ0v) is 7.88. The number of fused-ring (bicyclic) bond motifs is 1. The van der Waals surface area contributed by atoms with Crippen LogP contribution in [0.2, 0.25) is 0 Å². The molecule has 0 aromatic rings. The third-order valence-electron chi connectivity index (χ3n) is 2.84. The van der Waals surface area contributed by atoms with Gasteiger partial charge >= 0.3 is 6.09 Å². The lowest BCUT2D eigenvalue weighted by molar-refractivity contribution is 0.145. The van der Waals surface area contributed by atoms with E-state index in [0.717, 1.165) is 19.0 Å². The van der Waals surface area contributed by atoms with Gasteiger partial charge in [-0.1, -0.05) is 0 Å². The Kier molecular flexibility index (Phi) is 2.40. The Morgan fingerprint density at radius 2 is 2.46 bits per heavy atom. The fourth-order valence-electron chi connectivity index (χ4n) is 2.06. The third-order valence-corrected chi connectivity index (χ3v) is 2.84. The van der Waals surface area contributed by atoms with Crippen molar-refractivity contribution in [1.82, 2.24) is 10.6 Å². The second-order valence-electron chi connectivity index (χ2n) is 3.79. The Bertz CT molecular complexity index is 208. The number of carbonyl (C=O) groups excluding carboxylic acids is 1. The molecule has 0 aromatic carbocycles. The van der Waals surface area contributed by atoms with Crippen LogP contribution < -0.4 is 10.6 Å². The molecule has 3 unspecified atom stereocenters. The van der Waals surface area contributed by atoms with Gasteiger partial charge in [0.15, 0.2) is 0 Å². The lowest BCUT2D eigenvalue weighted by atomic mass is 10.1. The summed E-state index contributed by atoms with van der Waals surface area (Å²) in [7, 11) is 0. The average Bonchev–Trinajstić information content (AvgIpc) is 2.84. The molecule has 2 aliphatic rings. The lowest BCUT2D eigenvalue weighted by Crippen LogP contribution is -2.47. The largest absolute Gasteiger partial charge is 0.450 e. The van der Waals surface area contributed by atoms with E-state index >= 15 is 0 Å². The summed E-state index contributed by atoms with van der Waals surface area (Å²) in [5.74, 6) is 1.49. The smallest absolute Gasteiger partial charge is 0.407 e. The molecule has 0 spiro atoms. The number of amides is 1. The molecule has 13 heavy (non-hydrogen) atoms. The highest BCUT2D eigenvalue weighted by Gasteiger charge is 2.45. The molecule has 2 rings (SSSR count). The lowest BCUT2D eigenvalue weighted by Gasteiger charge is -2.22. The van der Waals surface area contributed by atoms with Crippen LogP contribution >= 0.6 is 0 Å². The molecule has 0 aromatic heterocycles. The van der Waals surface area contributed by atoms with Gasteiger partial charge in [-0.3, -0.25) is 0 Å².